The molecule has 3 rings (SSSR count). The zero-order valence-corrected chi connectivity index (χ0v) is 15.2. The Balaban J connectivity index is 2.24. The molecule has 3 aromatic carbocycles. The van der Waals surface area contributed by atoms with Crippen LogP contribution in [0.25, 0.3) is 0 Å². The van der Waals surface area contributed by atoms with E-state index in [1.165, 1.54) is 16.7 Å². The quantitative estimate of drug-likeness (QED) is 0.459. The Morgan fingerprint density at radius 1 is 0.625 bits per heavy atom. The van der Waals surface area contributed by atoms with E-state index in [1.807, 2.05) is 0 Å². The minimum atomic E-state index is -0.173. The van der Waals surface area contributed by atoms with Crippen LogP contribution in [0.3, 0.4) is 0 Å². The van der Waals surface area contributed by atoms with Crippen LogP contribution in [0.5, 0.6) is 0 Å². The third-order valence-corrected chi connectivity index (χ3v) is 6.13. The zero-order valence-electron chi connectivity index (χ0n) is 14.2. The van der Waals surface area contributed by atoms with Crippen molar-refractivity contribution in [1.82, 2.24) is 5.09 Å². The molecule has 3 aromatic rings. The lowest BCUT2D eigenvalue weighted by molar-refractivity contribution is 0.746. The van der Waals surface area contributed by atoms with Crippen LogP contribution in [0.2, 0.25) is 0 Å². The minimum Gasteiger partial charge on any atom is -0.294 e. The van der Waals surface area contributed by atoms with Crippen molar-refractivity contribution in [1.29, 1.82) is 0 Å². The van der Waals surface area contributed by atoms with Gasteiger partial charge in [-0.05, 0) is 39.3 Å². The normalized spacial score (nSPS) is 12.1. The first-order valence-electron chi connectivity index (χ1n) is 8.43. The average Bonchev–Trinajstić information content (AvgIpc) is 2.65. The maximum Gasteiger partial charge on any atom is 0.0754 e. The molecule has 0 bridgehead atoms. The molecular weight excluding hydrogens is 309 g/mol. The van der Waals surface area contributed by atoms with Crippen molar-refractivity contribution < 1.29 is 0 Å². The first-order valence-corrected chi connectivity index (χ1v) is 9.43. The molecule has 0 heterocycles. The van der Waals surface area contributed by atoms with Crippen molar-refractivity contribution in [3.8, 4) is 0 Å². The molecule has 0 radical (unpaired) electrons. The second kappa shape index (κ2) is 7.75. The van der Waals surface area contributed by atoms with Crippen LogP contribution in [-0.4, -0.2) is 6.04 Å². The number of nitrogens with one attached hydrogen (secondary N) is 1. The SMILES string of the molecule is CC(C)NPC(c1ccccc1)(c1ccccc1)c1ccccc1. The van der Waals surface area contributed by atoms with Crippen molar-refractivity contribution in [2.45, 2.75) is 25.0 Å². The van der Waals surface area contributed by atoms with Crippen molar-refractivity contribution >= 4 is 8.73 Å². The molecule has 0 spiro atoms. The molecule has 1 N–H and O–H groups in total. The number of rotatable bonds is 6. The van der Waals surface area contributed by atoms with Gasteiger partial charge in [0.1, 0.15) is 0 Å². The Labute approximate surface area is 147 Å². The average molecular weight is 333 g/mol. The van der Waals surface area contributed by atoms with Crippen LogP contribution in [0, 0.1) is 0 Å². The van der Waals surface area contributed by atoms with Crippen LogP contribution >= 0.6 is 8.73 Å². The summed E-state index contributed by atoms with van der Waals surface area (Å²) in [6.07, 6.45) is 0. The molecule has 0 aliphatic heterocycles. The van der Waals surface area contributed by atoms with Crippen molar-refractivity contribution in [2.75, 3.05) is 0 Å². The predicted octanol–water partition coefficient (Wildman–Crippen LogP) is 5.57. The number of benzene rings is 3. The van der Waals surface area contributed by atoms with Crippen LogP contribution in [0.4, 0.5) is 0 Å². The lowest BCUT2D eigenvalue weighted by atomic mass is 9.84. The Morgan fingerprint density at radius 3 is 1.25 bits per heavy atom. The molecule has 1 atom stereocenters. The van der Waals surface area contributed by atoms with E-state index in [1.54, 1.807) is 0 Å². The molecule has 24 heavy (non-hydrogen) atoms. The summed E-state index contributed by atoms with van der Waals surface area (Å²) in [6.45, 7) is 4.41. The molecule has 0 saturated carbocycles. The van der Waals surface area contributed by atoms with Crippen molar-refractivity contribution in [3.05, 3.63) is 108 Å². The smallest absolute Gasteiger partial charge is 0.0754 e. The standard InChI is InChI=1S/C22H24NP/c1-18(2)23-24-22(19-12-6-3-7-13-19,20-14-8-4-9-15-20)21-16-10-5-11-17-21/h3-18,23-24H,1-2H3. The monoisotopic (exact) mass is 333 g/mol. The van der Waals surface area contributed by atoms with Crippen molar-refractivity contribution in [3.63, 3.8) is 0 Å². The summed E-state index contributed by atoms with van der Waals surface area (Å²) in [5.41, 5.74) is 3.98. The van der Waals surface area contributed by atoms with Gasteiger partial charge in [0.2, 0.25) is 0 Å². The lowest BCUT2D eigenvalue weighted by Crippen LogP contribution is -2.29. The summed E-state index contributed by atoms with van der Waals surface area (Å²) in [7, 11) is 0.556. The van der Waals surface area contributed by atoms with Crippen LogP contribution < -0.4 is 5.09 Å². The summed E-state index contributed by atoms with van der Waals surface area (Å²) in [4.78, 5) is 0. The Morgan fingerprint density at radius 2 is 0.958 bits per heavy atom. The van der Waals surface area contributed by atoms with Gasteiger partial charge in [0.05, 0.1) is 5.16 Å². The van der Waals surface area contributed by atoms with Gasteiger partial charge in [-0.15, -0.1) is 0 Å². The Hall–Kier alpha value is -1.95. The summed E-state index contributed by atoms with van der Waals surface area (Å²) in [5, 5.41) is 3.54. The van der Waals surface area contributed by atoms with E-state index in [9.17, 15) is 0 Å². The van der Waals surface area contributed by atoms with Gasteiger partial charge in [-0.2, -0.15) is 0 Å². The van der Waals surface area contributed by atoms with E-state index in [2.05, 4.69) is 110 Å². The second-order valence-corrected chi connectivity index (χ2v) is 7.56. The molecule has 0 fully saturated rings. The molecule has 0 amide bonds. The van der Waals surface area contributed by atoms with Gasteiger partial charge in [0.25, 0.3) is 0 Å². The van der Waals surface area contributed by atoms with E-state index in [0.717, 1.165) is 0 Å². The molecule has 1 unspecified atom stereocenters. The molecule has 1 nitrogen and oxygen atoms in total. The van der Waals surface area contributed by atoms with E-state index >= 15 is 0 Å². The molecule has 122 valence electrons. The first kappa shape index (κ1) is 16.9. The fourth-order valence-electron chi connectivity index (χ4n) is 3.03. The van der Waals surface area contributed by atoms with E-state index < -0.39 is 0 Å². The maximum atomic E-state index is 3.71. The van der Waals surface area contributed by atoms with Gasteiger partial charge < -0.3 is 0 Å². The molecule has 0 aliphatic rings. The fourth-order valence-corrected chi connectivity index (χ4v) is 4.47. The third kappa shape index (κ3) is 3.43. The minimum absolute atomic E-state index is 0.173. The zero-order chi connectivity index (χ0) is 16.8. The van der Waals surface area contributed by atoms with E-state index in [0.29, 0.717) is 14.8 Å². The van der Waals surface area contributed by atoms with E-state index in [4.69, 9.17) is 0 Å². The molecule has 0 aromatic heterocycles. The van der Waals surface area contributed by atoms with Crippen LogP contribution in [0.1, 0.15) is 30.5 Å². The lowest BCUT2D eigenvalue weighted by Gasteiger charge is -2.36. The molecular formula is C22H24NP. The molecule has 0 aliphatic carbocycles. The summed E-state index contributed by atoms with van der Waals surface area (Å²) in [6, 6.07) is 33.0. The highest BCUT2D eigenvalue weighted by Gasteiger charge is 2.36. The Kier molecular flexibility index (Phi) is 5.45. The highest BCUT2D eigenvalue weighted by atomic mass is 31.1. The van der Waals surface area contributed by atoms with Crippen LogP contribution in [-0.2, 0) is 5.16 Å². The first-order chi connectivity index (χ1) is 11.7. The third-order valence-electron chi connectivity index (χ3n) is 4.17. The number of hydrogen-bond acceptors (Lipinski definition) is 1. The highest BCUT2D eigenvalue weighted by molar-refractivity contribution is 7.38. The summed E-state index contributed by atoms with van der Waals surface area (Å²) < 4.78 is 0. The summed E-state index contributed by atoms with van der Waals surface area (Å²) >= 11 is 0. The fraction of sp³-hybridized carbons (Fsp3) is 0.182. The molecule has 0 saturated heterocycles. The van der Waals surface area contributed by atoms with Gasteiger partial charge in [0, 0.05) is 6.04 Å². The molecule has 2 heteroatoms. The maximum absolute atomic E-state index is 3.71. The Bertz CT molecular complexity index is 642. The van der Waals surface area contributed by atoms with Crippen LogP contribution in [0.15, 0.2) is 91.0 Å². The summed E-state index contributed by atoms with van der Waals surface area (Å²) in [5.74, 6) is 0. The van der Waals surface area contributed by atoms with Gasteiger partial charge >= 0.3 is 0 Å². The predicted molar refractivity (Wildman–Crippen MR) is 106 cm³/mol. The second-order valence-electron chi connectivity index (χ2n) is 6.27. The number of hydrogen-bond donors (Lipinski definition) is 1. The topological polar surface area (TPSA) is 12.0 Å². The van der Waals surface area contributed by atoms with Gasteiger partial charge in [-0.3, -0.25) is 5.09 Å². The van der Waals surface area contributed by atoms with Gasteiger partial charge in [-0.1, -0.05) is 91.0 Å². The highest BCUT2D eigenvalue weighted by Crippen LogP contribution is 2.50. The van der Waals surface area contributed by atoms with Gasteiger partial charge in [0.15, 0.2) is 0 Å². The van der Waals surface area contributed by atoms with E-state index in [-0.39, 0.29) is 5.16 Å². The largest absolute Gasteiger partial charge is 0.294 e. The van der Waals surface area contributed by atoms with Crippen molar-refractivity contribution in [2.24, 2.45) is 0 Å². The van der Waals surface area contributed by atoms with Gasteiger partial charge in [-0.25, -0.2) is 0 Å².